The van der Waals surface area contributed by atoms with Gasteiger partial charge in [0.1, 0.15) is 22.2 Å². The molecule has 0 aliphatic heterocycles. The second kappa shape index (κ2) is 9.11. The van der Waals surface area contributed by atoms with Crippen LogP contribution in [-0.2, 0) is 13.2 Å². The predicted octanol–water partition coefficient (Wildman–Crippen LogP) is 5.00. The van der Waals surface area contributed by atoms with Crippen LogP contribution in [0.15, 0.2) is 60.8 Å². The van der Waals surface area contributed by atoms with Gasteiger partial charge in [-0.25, -0.2) is 4.98 Å². The van der Waals surface area contributed by atoms with Crippen molar-refractivity contribution >= 4 is 28.8 Å². The van der Waals surface area contributed by atoms with Crippen molar-refractivity contribution in [2.45, 2.75) is 20.1 Å². The van der Waals surface area contributed by atoms with Gasteiger partial charge in [-0.2, -0.15) is 5.10 Å². The molecule has 8 heteroatoms. The minimum atomic E-state index is -0.139. The van der Waals surface area contributed by atoms with Crippen molar-refractivity contribution in [1.82, 2.24) is 20.5 Å². The third kappa shape index (κ3) is 4.87. The number of aryl methyl sites for hydroxylation is 1. The van der Waals surface area contributed by atoms with Gasteiger partial charge >= 0.3 is 0 Å². The number of hydrogen-bond acceptors (Lipinski definition) is 5. The Labute approximate surface area is 182 Å². The third-order valence-electron chi connectivity index (χ3n) is 4.44. The highest BCUT2D eigenvalue weighted by atomic mass is 35.5. The number of aromatic nitrogens is 3. The Morgan fingerprint density at radius 3 is 2.60 bits per heavy atom. The lowest BCUT2D eigenvalue weighted by Gasteiger charge is -2.05. The average molecular weight is 439 g/mol. The summed E-state index contributed by atoms with van der Waals surface area (Å²) in [5.74, 6) is 0.567. The first-order chi connectivity index (χ1) is 14.6. The molecule has 6 nitrogen and oxygen atoms in total. The molecule has 0 spiro atoms. The molecule has 2 aromatic carbocycles. The highest BCUT2D eigenvalue weighted by Crippen LogP contribution is 2.22. The van der Waals surface area contributed by atoms with Crippen molar-refractivity contribution < 1.29 is 9.53 Å². The van der Waals surface area contributed by atoms with Crippen molar-refractivity contribution in [1.29, 1.82) is 0 Å². The molecular weight excluding hydrogens is 420 g/mol. The fraction of sp³-hybridized carbons (Fsp3) is 0.136. The molecule has 0 unspecified atom stereocenters. The molecule has 2 heterocycles. The van der Waals surface area contributed by atoms with Crippen molar-refractivity contribution in [3.05, 3.63) is 87.0 Å². The standard InChI is InChI=1S/C22H19ClN4O2S/c1-14-21(30-20(26-14)13-29-18-8-6-17(23)7-9-18)22(28)24-12-15-2-4-16(5-3-15)19-10-11-25-27-19/h2-11H,12-13H2,1H3,(H,24,28)(H,25,27). The topological polar surface area (TPSA) is 79.9 Å². The van der Waals surface area contributed by atoms with E-state index in [1.165, 1.54) is 11.3 Å². The summed E-state index contributed by atoms with van der Waals surface area (Å²) < 4.78 is 5.72. The van der Waals surface area contributed by atoms with Crippen LogP contribution in [0.1, 0.15) is 25.9 Å². The van der Waals surface area contributed by atoms with Crippen molar-refractivity contribution in [2.75, 3.05) is 0 Å². The molecule has 0 aliphatic rings. The fourth-order valence-electron chi connectivity index (χ4n) is 2.88. The van der Waals surface area contributed by atoms with E-state index in [4.69, 9.17) is 16.3 Å². The van der Waals surface area contributed by atoms with Crippen molar-refractivity contribution in [3.8, 4) is 17.0 Å². The van der Waals surface area contributed by atoms with E-state index >= 15 is 0 Å². The molecule has 2 aromatic heterocycles. The van der Waals surface area contributed by atoms with Crippen LogP contribution in [0, 0.1) is 6.92 Å². The van der Waals surface area contributed by atoms with Crippen molar-refractivity contribution in [2.24, 2.45) is 0 Å². The molecule has 4 rings (SSSR count). The minimum Gasteiger partial charge on any atom is -0.486 e. The monoisotopic (exact) mass is 438 g/mol. The molecule has 1 amide bonds. The normalized spacial score (nSPS) is 10.7. The molecule has 0 saturated carbocycles. The van der Waals surface area contributed by atoms with E-state index in [-0.39, 0.29) is 5.91 Å². The van der Waals surface area contributed by atoms with Crippen LogP contribution in [0.2, 0.25) is 5.02 Å². The Morgan fingerprint density at radius 2 is 1.90 bits per heavy atom. The number of nitrogens with one attached hydrogen (secondary N) is 2. The summed E-state index contributed by atoms with van der Waals surface area (Å²) in [4.78, 5) is 17.7. The number of ether oxygens (including phenoxy) is 1. The van der Waals surface area contributed by atoms with Gasteiger partial charge in [0.05, 0.1) is 11.4 Å². The van der Waals surface area contributed by atoms with E-state index in [0.29, 0.717) is 34.5 Å². The van der Waals surface area contributed by atoms with Gasteiger partial charge < -0.3 is 10.1 Å². The largest absolute Gasteiger partial charge is 0.486 e. The molecule has 2 N–H and O–H groups in total. The second-order valence-corrected chi connectivity index (χ2v) is 8.13. The van der Waals surface area contributed by atoms with E-state index < -0.39 is 0 Å². The van der Waals surface area contributed by atoms with Gasteiger partial charge in [0.15, 0.2) is 0 Å². The summed E-state index contributed by atoms with van der Waals surface area (Å²) in [5, 5.41) is 11.3. The van der Waals surface area contributed by atoms with Gasteiger partial charge in [0.2, 0.25) is 0 Å². The van der Waals surface area contributed by atoms with Gasteiger partial charge in [-0.3, -0.25) is 9.89 Å². The Balaban J connectivity index is 1.33. The molecule has 0 atom stereocenters. The maximum absolute atomic E-state index is 12.6. The predicted molar refractivity (Wildman–Crippen MR) is 118 cm³/mol. The number of H-pyrrole nitrogens is 1. The molecule has 4 aromatic rings. The summed E-state index contributed by atoms with van der Waals surface area (Å²) in [6, 6.07) is 17.0. The van der Waals surface area contributed by atoms with Crippen LogP contribution in [0.25, 0.3) is 11.3 Å². The maximum atomic E-state index is 12.6. The molecule has 30 heavy (non-hydrogen) atoms. The molecular formula is C22H19ClN4O2S. The minimum absolute atomic E-state index is 0.139. The molecule has 0 radical (unpaired) electrons. The zero-order valence-corrected chi connectivity index (χ0v) is 17.8. The first kappa shape index (κ1) is 20.1. The van der Waals surface area contributed by atoms with Crippen molar-refractivity contribution in [3.63, 3.8) is 0 Å². The molecule has 152 valence electrons. The van der Waals surface area contributed by atoms with Crippen LogP contribution in [0.3, 0.4) is 0 Å². The lowest BCUT2D eigenvalue weighted by atomic mass is 10.1. The molecule has 0 fully saturated rings. The second-order valence-electron chi connectivity index (χ2n) is 6.61. The number of aromatic amines is 1. The summed E-state index contributed by atoms with van der Waals surface area (Å²) >= 11 is 7.22. The maximum Gasteiger partial charge on any atom is 0.263 e. The van der Waals surface area contributed by atoms with E-state index in [1.807, 2.05) is 37.3 Å². The Hall–Kier alpha value is -3.16. The van der Waals surface area contributed by atoms with Gasteiger partial charge in [-0.15, -0.1) is 11.3 Å². The van der Waals surface area contributed by atoms with Crippen LogP contribution in [0.4, 0.5) is 0 Å². The highest BCUT2D eigenvalue weighted by Gasteiger charge is 2.15. The number of carbonyl (C=O) groups is 1. The zero-order valence-electron chi connectivity index (χ0n) is 16.2. The highest BCUT2D eigenvalue weighted by molar-refractivity contribution is 7.13. The van der Waals surface area contributed by atoms with Gasteiger partial charge in [-0.05, 0) is 48.4 Å². The van der Waals surface area contributed by atoms with Crippen LogP contribution >= 0.6 is 22.9 Å². The van der Waals surface area contributed by atoms with E-state index in [2.05, 4.69) is 20.5 Å². The Bertz CT molecular complexity index is 1120. The number of rotatable bonds is 7. The number of thiazole rings is 1. The number of halogens is 1. The third-order valence-corrected chi connectivity index (χ3v) is 5.82. The average Bonchev–Trinajstić information content (AvgIpc) is 3.42. The summed E-state index contributed by atoms with van der Waals surface area (Å²) in [5.41, 5.74) is 3.72. The number of nitrogens with zero attached hydrogens (tertiary/aromatic N) is 2. The smallest absolute Gasteiger partial charge is 0.263 e. The number of amides is 1. The quantitative estimate of drug-likeness (QED) is 0.425. The molecule has 0 aliphatic carbocycles. The lowest BCUT2D eigenvalue weighted by Crippen LogP contribution is -2.22. The fourth-order valence-corrected chi connectivity index (χ4v) is 3.90. The Kier molecular flexibility index (Phi) is 6.11. The first-order valence-electron chi connectivity index (χ1n) is 9.30. The van der Waals surface area contributed by atoms with E-state index in [9.17, 15) is 4.79 Å². The van der Waals surface area contributed by atoms with Gasteiger partial charge in [-0.1, -0.05) is 35.9 Å². The first-order valence-corrected chi connectivity index (χ1v) is 10.5. The molecule has 0 bridgehead atoms. The van der Waals surface area contributed by atoms with Crippen LogP contribution < -0.4 is 10.1 Å². The zero-order chi connectivity index (χ0) is 20.9. The summed E-state index contributed by atoms with van der Waals surface area (Å²) in [6.45, 7) is 2.57. The van der Waals surface area contributed by atoms with E-state index in [0.717, 1.165) is 21.8 Å². The summed E-state index contributed by atoms with van der Waals surface area (Å²) in [7, 11) is 0. The van der Waals surface area contributed by atoms with Gasteiger partial charge in [0.25, 0.3) is 5.91 Å². The van der Waals surface area contributed by atoms with Gasteiger partial charge in [0, 0.05) is 17.8 Å². The molecule has 0 saturated heterocycles. The van der Waals surface area contributed by atoms with E-state index in [1.54, 1.807) is 30.5 Å². The van der Waals surface area contributed by atoms with Crippen LogP contribution in [-0.4, -0.2) is 21.1 Å². The Morgan fingerprint density at radius 1 is 1.13 bits per heavy atom. The number of hydrogen-bond donors (Lipinski definition) is 2. The SMILES string of the molecule is Cc1nc(COc2ccc(Cl)cc2)sc1C(=O)NCc1ccc(-c2ccn[nH]2)cc1. The number of benzene rings is 2. The number of carbonyl (C=O) groups excluding carboxylic acids is 1. The lowest BCUT2D eigenvalue weighted by molar-refractivity contribution is 0.0954. The van der Waals surface area contributed by atoms with Crippen LogP contribution in [0.5, 0.6) is 5.75 Å². The summed E-state index contributed by atoms with van der Waals surface area (Å²) in [6.07, 6.45) is 1.72.